The molecular weight excluding hydrogens is 594 g/mol. The van der Waals surface area contributed by atoms with Gasteiger partial charge >= 0.3 is 0 Å². The fourth-order valence-electron chi connectivity index (χ4n) is 8.56. The summed E-state index contributed by atoms with van der Waals surface area (Å²) < 4.78 is 14.1. The van der Waals surface area contributed by atoms with Gasteiger partial charge in [-0.05, 0) is 48.4 Å². The number of fused-ring (bicyclic) bond motifs is 4. The van der Waals surface area contributed by atoms with E-state index in [1.54, 1.807) is 12.1 Å². The molecule has 1 saturated carbocycles. The Labute approximate surface area is 278 Å². The maximum atomic E-state index is 12.0. The molecule has 1 aromatic heterocycles. The Morgan fingerprint density at radius 3 is 2.55 bits per heavy atom. The smallest absolute Gasteiger partial charge is 0.248 e. The lowest BCUT2D eigenvalue weighted by atomic mass is 9.80. The van der Waals surface area contributed by atoms with Gasteiger partial charge in [-0.25, -0.2) is 0 Å². The van der Waals surface area contributed by atoms with E-state index in [1.807, 2.05) is 18.2 Å². The molecule has 2 bridgehead atoms. The molecule has 9 nitrogen and oxygen atoms in total. The van der Waals surface area contributed by atoms with Crippen LogP contribution < -0.4 is 10.9 Å². The summed E-state index contributed by atoms with van der Waals surface area (Å²) in [5.41, 5.74) is 0.739. The van der Waals surface area contributed by atoms with Crippen molar-refractivity contribution in [3.05, 3.63) is 76.1 Å². The number of benzene rings is 2. The van der Waals surface area contributed by atoms with E-state index >= 15 is 0 Å². The first kappa shape index (κ1) is 34.1. The van der Waals surface area contributed by atoms with E-state index in [9.17, 15) is 20.1 Å². The van der Waals surface area contributed by atoms with Crippen LogP contribution in [0, 0.1) is 11.8 Å². The number of hydrogen-bond acceptors (Lipinski definition) is 7. The van der Waals surface area contributed by atoms with Gasteiger partial charge in [-0.1, -0.05) is 62.6 Å². The number of ether oxygens (including phenoxy) is 2. The monoisotopic (exact) mass is 648 g/mol. The summed E-state index contributed by atoms with van der Waals surface area (Å²) in [6, 6.07) is 16.4. The van der Waals surface area contributed by atoms with E-state index in [0.717, 1.165) is 55.2 Å². The van der Waals surface area contributed by atoms with Crippen LogP contribution in [0.15, 0.2) is 59.4 Å². The maximum Gasteiger partial charge on any atom is 0.248 e. The van der Waals surface area contributed by atoms with Crippen LogP contribution in [0.1, 0.15) is 81.9 Å². The molecule has 4 fully saturated rings. The van der Waals surface area contributed by atoms with Gasteiger partial charge in [-0.2, -0.15) is 0 Å². The Bertz CT molecular complexity index is 1500. The Hall–Kier alpha value is -2.79. The number of aromatic hydroxyl groups is 1. The highest BCUT2D eigenvalue weighted by Gasteiger charge is 2.48. The van der Waals surface area contributed by atoms with Gasteiger partial charge in [0.2, 0.25) is 5.56 Å². The molecule has 4 aliphatic rings. The molecule has 4 heterocycles. The molecule has 4 atom stereocenters. The Kier molecular flexibility index (Phi) is 11.0. The van der Waals surface area contributed by atoms with Gasteiger partial charge in [0.25, 0.3) is 0 Å². The molecule has 0 spiro atoms. The molecule has 5 N–H and O–H groups in total. The third-order valence-electron chi connectivity index (χ3n) is 11.3. The number of hydrogen-bond donors (Lipinski definition) is 5. The van der Waals surface area contributed by atoms with Crippen LogP contribution in [0.4, 0.5) is 0 Å². The molecule has 2 aromatic carbocycles. The number of nitrogens with one attached hydrogen (secondary N) is 2. The number of piperidine rings is 3. The van der Waals surface area contributed by atoms with Crippen molar-refractivity contribution in [1.82, 2.24) is 10.3 Å². The van der Waals surface area contributed by atoms with Crippen molar-refractivity contribution in [1.29, 1.82) is 0 Å². The minimum absolute atomic E-state index is 0.0197. The summed E-state index contributed by atoms with van der Waals surface area (Å²) in [7, 11) is 0. The number of pyridine rings is 1. The highest BCUT2D eigenvalue weighted by molar-refractivity contribution is 5.87. The number of aromatic amines is 1. The first-order valence-electron chi connectivity index (χ1n) is 17.9. The van der Waals surface area contributed by atoms with Crippen molar-refractivity contribution >= 4 is 10.9 Å². The summed E-state index contributed by atoms with van der Waals surface area (Å²) in [4.78, 5) is 14.4. The number of phenolic OH excluding ortho intramolecular Hbond substituents is 1. The van der Waals surface area contributed by atoms with Crippen LogP contribution in [0.5, 0.6) is 5.75 Å². The molecule has 3 aromatic rings. The number of aliphatic hydroxyl groups is 2. The molecule has 3 aliphatic heterocycles. The lowest BCUT2D eigenvalue weighted by molar-refractivity contribution is -0.946. The molecule has 7 rings (SSSR count). The molecule has 47 heavy (non-hydrogen) atoms. The van der Waals surface area contributed by atoms with Crippen molar-refractivity contribution in [2.45, 2.75) is 88.7 Å². The van der Waals surface area contributed by atoms with Crippen LogP contribution in [0.3, 0.4) is 0 Å². The standard InChI is InChI=1S/C38H53N3O6/c1-2-9-36(39-24-33(43)30-14-16-32(42)37-31(30)15-17-35(44)40-37)46-23-8-20-41-21-18-27(19-22-41)34(25-41)47-26-38(45,29-12-6-7-13-29)28-10-4-3-5-11-28/h3-5,10-11,14-17,27,29,33-34,36,39,43,45H,2,6-9,12-13,18-26H2,1H3,(H-,40,42,44)/p+1/t27?,33-,34-,36?,38?,41?/m0/s1. The van der Waals surface area contributed by atoms with E-state index < -0.39 is 11.7 Å². The van der Waals surface area contributed by atoms with E-state index in [2.05, 4.69) is 29.4 Å². The number of phenols is 1. The fraction of sp³-hybridized carbons (Fsp3) is 0.605. The Morgan fingerprint density at radius 1 is 1.04 bits per heavy atom. The second-order valence-corrected chi connectivity index (χ2v) is 14.4. The van der Waals surface area contributed by atoms with Gasteiger partial charge in [0.05, 0.1) is 44.5 Å². The SMILES string of the molecule is CCCC(NC[C@H](O)c1ccc(O)c2[nH]c(=O)ccc12)OCCC[N+]12CCC(CC1)[C@@H](OCC(O)(c1ccccc1)C1CCCC1)C2. The zero-order chi connectivity index (χ0) is 32.9. The molecule has 1 aliphatic carbocycles. The van der Waals surface area contributed by atoms with Crippen molar-refractivity contribution in [3.8, 4) is 5.75 Å². The average molecular weight is 649 g/mol. The van der Waals surface area contributed by atoms with Crippen LogP contribution >= 0.6 is 0 Å². The predicted octanol–water partition coefficient (Wildman–Crippen LogP) is 5.09. The second kappa shape index (κ2) is 15.2. The fourth-order valence-corrected chi connectivity index (χ4v) is 8.56. The van der Waals surface area contributed by atoms with Gasteiger partial charge in [0.1, 0.15) is 30.2 Å². The number of quaternary nitrogens is 1. The number of aliphatic hydroxyl groups excluding tert-OH is 1. The quantitative estimate of drug-likeness (QED) is 0.0833. The predicted molar refractivity (Wildman–Crippen MR) is 183 cm³/mol. The molecule has 9 heteroatoms. The Balaban J connectivity index is 1.00. The Morgan fingerprint density at radius 2 is 1.81 bits per heavy atom. The summed E-state index contributed by atoms with van der Waals surface area (Å²) in [6.45, 7) is 7.87. The highest BCUT2D eigenvalue weighted by atomic mass is 16.5. The second-order valence-electron chi connectivity index (χ2n) is 14.4. The molecule has 0 amide bonds. The van der Waals surface area contributed by atoms with E-state index in [4.69, 9.17) is 9.47 Å². The van der Waals surface area contributed by atoms with Gasteiger partial charge in [0, 0.05) is 43.2 Å². The summed E-state index contributed by atoms with van der Waals surface area (Å²) in [6.07, 6.45) is 8.76. The summed E-state index contributed by atoms with van der Waals surface area (Å²) >= 11 is 0. The largest absolute Gasteiger partial charge is 0.506 e. The number of nitrogens with zero attached hydrogens (tertiary/aromatic N) is 1. The summed E-state index contributed by atoms with van der Waals surface area (Å²) in [5, 5.41) is 37.3. The molecule has 2 unspecified atom stereocenters. The zero-order valence-electron chi connectivity index (χ0n) is 27.9. The topological polar surface area (TPSA) is 124 Å². The van der Waals surface area contributed by atoms with Gasteiger partial charge in [-0.3, -0.25) is 10.1 Å². The van der Waals surface area contributed by atoms with E-state index in [1.165, 1.54) is 50.9 Å². The molecule has 256 valence electrons. The van der Waals surface area contributed by atoms with Crippen LogP contribution in [0.25, 0.3) is 10.9 Å². The number of aromatic nitrogens is 1. The minimum Gasteiger partial charge on any atom is -0.506 e. The first-order chi connectivity index (χ1) is 22.8. The van der Waals surface area contributed by atoms with Crippen molar-refractivity contribution in [2.24, 2.45) is 11.8 Å². The van der Waals surface area contributed by atoms with Crippen LogP contribution in [0.2, 0.25) is 0 Å². The minimum atomic E-state index is -0.925. The normalized spacial score (nSPS) is 25.6. The van der Waals surface area contributed by atoms with Crippen molar-refractivity contribution < 1.29 is 29.3 Å². The van der Waals surface area contributed by atoms with E-state index in [-0.39, 0.29) is 29.6 Å². The number of rotatable bonds is 16. The zero-order valence-corrected chi connectivity index (χ0v) is 27.9. The lowest BCUT2D eigenvalue weighted by Gasteiger charge is -2.53. The third kappa shape index (κ3) is 7.77. The van der Waals surface area contributed by atoms with Crippen molar-refractivity contribution in [2.75, 3.05) is 45.9 Å². The van der Waals surface area contributed by atoms with E-state index in [0.29, 0.717) is 42.1 Å². The maximum absolute atomic E-state index is 12.0. The third-order valence-corrected chi connectivity index (χ3v) is 11.3. The highest BCUT2D eigenvalue weighted by Crippen LogP contribution is 2.42. The molecule has 0 radical (unpaired) electrons. The molecule has 3 saturated heterocycles. The van der Waals surface area contributed by atoms with Gasteiger partial charge in [-0.15, -0.1) is 0 Å². The van der Waals surface area contributed by atoms with Crippen LogP contribution in [-0.4, -0.2) is 83.1 Å². The average Bonchev–Trinajstić information content (AvgIpc) is 3.65. The van der Waals surface area contributed by atoms with Gasteiger partial charge < -0.3 is 34.3 Å². The van der Waals surface area contributed by atoms with Crippen molar-refractivity contribution in [3.63, 3.8) is 0 Å². The first-order valence-corrected chi connectivity index (χ1v) is 17.9. The lowest BCUT2D eigenvalue weighted by Crippen LogP contribution is -2.65. The van der Waals surface area contributed by atoms with Gasteiger partial charge in [0.15, 0.2) is 0 Å². The number of H-pyrrole nitrogens is 1. The van der Waals surface area contributed by atoms with Crippen LogP contribution in [-0.2, 0) is 15.1 Å². The summed E-state index contributed by atoms with van der Waals surface area (Å²) in [5.74, 6) is 0.808. The molecular formula is C38H54N3O6+.